The summed E-state index contributed by atoms with van der Waals surface area (Å²) in [6.45, 7) is 5.03. The van der Waals surface area contributed by atoms with E-state index in [1.807, 2.05) is 0 Å². The molecule has 1 aliphatic rings. The Morgan fingerprint density at radius 2 is 1.68 bits per heavy atom. The normalized spacial score (nSPS) is 14.2. The van der Waals surface area contributed by atoms with Gasteiger partial charge in [0.15, 0.2) is 0 Å². The molecule has 2 amide bonds. The predicted octanol–water partition coefficient (Wildman–Crippen LogP) is 2.74. The van der Waals surface area contributed by atoms with Crippen molar-refractivity contribution in [1.82, 2.24) is 0 Å². The van der Waals surface area contributed by atoms with E-state index >= 15 is 0 Å². The molecule has 146 valence electrons. The van der Waals surface area contributed by atoms with E-state index in [1.54, 1.807) is 20.8 Å². The van der Waals surface area contributed by atoms with E-state index in [9.17, 15) is 24.6 Å². The number of aryl methyl sites for hydroxylation is 2. The SMILES string of the molecule is CCC(O)COC(=O)c1ccc2c(c1)C(=O)N(c1c(C)cc(O)cc1C)C2=O. The molecule has 1 heterocycles. The highest BCUT2D eigenvalue weighted by Crippen LogP contribution is 2.35. The lowest BCUT2D eigenvalue weighted by Gasteiger charge is -2.19. The number of phenolic OH excluding ortho intramolecular Hbond substituents is 1. The lowest BCUT2D eigenvalue weighted by atomic mass is 10.1. The number of aliphatic hydroxyl groups is 1. The van der Waals surface area contributed by atoms with Gasteiger partial charge < -0.3 is 14.9 Å². The second-order valence-corrected chi connectivity index (χ2v) is 6.79. The topological polar surface area (TPSA) is 104 Å². The maximum Gasteiger partial charge on any atom is 0.338 e. The molecule has 0 aliphatic carbocycles. The molecule has 2 aromatic carbocycles. The number of imide groups is 1. The van der Waals surface area contributed by atoms with Crippen LogP contribution < -0.4 is 4.90 Å². The molecule has 0 fully saturated rings. The minimum atomic E-state index is -0.752. The largest absolute Gasteiger partial charge is 0.508 e. The zero-order valence-corrected chi connectivity index (χ0v) is 15.9. The van der Waals surface area contributed by atoms with E-state index in [1.165, 1.54) is 30.3 Å². The fourth-order valence-electron chi connectivity index (χ4n) is 3.23. The van der Waals surface area contributed by atoms with E-state index in [-0.39, 0.29) is 29.0 Å². The number of rotatable bonds is 5. The molecule has 28 heavy (non-hydrogen) atoms. The molecule has 0 aromatic heterocycles. The predicted molar refractivity (Wildman–Crippen MR) is 102 cm³/mol. The number of amides is 2. The van der Waals surface area contributed by atoms with Crippen molar-refractivity contribution >= 4 is 23.5 Å². The van der Waals surface area contributed by atoms with E-state index in [2.05, 4.69) is 0 Å². The summed E-state index contributed by atoms with van der Waals surface area (Å²) >= 11 is 0. The second-order valence-electron chi connectivity index (χ2n) is 6.79. The average molecular weight is 383 g/mol. The first-order chi connectivity index (χ1) is 13.2. The number of esters is 1. The maximum atomic E-state index is 12.9. The van der Waals surface area contributed by atoms with E-state index in [4.69, 9.17) is 4.74 Å². The highest BCUT2D eigenvalue weighted by atomic mass is 16.5. The molecule has 2 aromatic rings. The van der Waals surface area contributed by atoms with Crippen molar-refractivity contribution in [2.24, 2.45) is 0 Å². The first kappa shape index (κ1) is 19.6. The van der Waals surface area contributed by atoms with E-state index in [0.717, 1.165) is 4.90 Å². The Morgan fingerprint density at radius 3 is 2.29 bits per heavy atom. The molecule has 1 aliphatic heterocycles. The Morgan fingerprint density at radius 1 is 1.07 bits per heavy atom. The number of phenols is 1. The van der Waals surface area contributed by atoms with Crippen LogP contribution in [0.2, 0.25) is 0 Å². The number of anilines is 1. The van der Waals surface area contributed by atoms with Gasteiger partial charge in [-0.05, 0) is 61.7 Å². The summed E-state index contributed by atoms with van der Waals surface area (Å²) in [7, 11) is 0. The van der Waals surface area contributed by atoms with Gasteiger partial charge >= 0.3 is 5.97 Å². The Bertz CT molecular complexity index is 958. The number of aliphatic hydroxyl groups excluding tert-OH is 1. The van der Waals surface area contributed by atoms with Crippen molar-refractivity contribution in [2.45, 2.75) is 33.3 Å². The summed E-state index contributed by atoms with van der Waals surface area (Å²) in [6, 6.07) is 7.14. The fourth-order valence-corrected chi connectivity index (χ4v) is 3.23. The number of carbonyl (C=O) groups excluding carboxylic acids is 3. The number of nitrogens with zero attached hydrogens (tertiary/aromatic N) is 1. The number of benzene rings is 2. The van der Waals surface area contributed by atoms with Gasteiger partial charge in [-0.1, -0.05) is 6.92 Å². The van der Waals surface area contributed by atoms with Gasteiger partial charge in [0.05, 0.1) is 28.5 Å². The van der Waals surface area contributed by atoms with Gasteiger partial charge in [-0.3, -0.25) is 9.59 Å². The van der Waals surface area contributed by atoms with Crippen molar-refractivity contribution in [3.8, 4) is 5.75 Å². The number of hydrogen-bond acceptors (Lipinski definition) is 6. The van der Waals surface area contributed by atoms with Crippen molar-refractivity contribution in [3.05, 3.63) is 58.1 Å². The van der Waals surface area contributed by atoms with Crippen LogP contribution in [0.15, 0.2) is 30.3 Å². The van der Waals surface area contributed by atoms with Crippen molar-refractivity contribution in [2.75, 3.05) is 11.5 Å². The van der Waals surface area contributed by atoms with Crippen molar-refractivity contribution in [1.29, 1.82) is 0 Å². The van der Waals surface area contributed by atoms with Gasteiger partial charge in [-0.25, -0.2) is 9.69 Å². The zero-order valence-electron chi connectivity index (χ0n) is 15.9. The number of hydrogen-bond donors (Lipinski definition) is 2. The first-order valence-electron chi connectivity index (χ1n) is 8.92. The number of ether oxygens (including phenoxy) is 1. The lowest BCUT2D eigenvalue weighted by molar-refractivity contribution is 0.0250. The van der Waals surface area contributed by atoms with Crippen LogP contribution in [0.3, 0.4) is 0 Å². The van der Waals surface area contributed by atoms with Gasteiger partial charge in [0.2, 0.25) is 0 Å². The van der Waals surface area contributed by atoms with Crippen LogP contribution in [0.5, 0.6) is 5.75 Å². The standard InChI is InChI=1S/C21H21NO6/c1-4-14(23)10-28-21(27)13-5-6-16-17(9-13)20(26)22(19(16)25)18-11(2)7-15(24)8-12(18)3/h5-9,14,23-24H,4,10H2,1-3H3. The molecular formula is C21H21NO6. The van der Waals surface area contributed by atoms with Crippen LogP contribution in [0.25, 0.3) is 0 Å². The van der Waals surface area contributed by atoms with Gasteiger partial charge in [0.25, 0.3) is 11.8 Å². The van der Waals surface area contributed by atoms with Crippen LogP contribution in [0.1, 0.15) is 55.5 Å². The minimum Gasteiger partial charge on any atom is -0.508 e. The number of carbonyl (C=O) groups is 3. The molecule has 0 radical (unpaired) electrons. The van der Waals surface area contributed by atoms with Crippen molar-refractivity contribution in [3.63, 3.8) is 0 Å². The monoisotopic (exact) mass is 383 g/mol. The average Bonchev–Trinajstić information content (AvgIpc) is 2.89. The third kappa shape index (κ3) is 3.36. The molecule has 3 rings (SSSR count). The molecular weight excluding hydrogens is 362 g/mol. The summed E-state index contributed by atoms with van der Waals surface area (Å²) in [6.07, 6.45) is -0.303. The van der Waals surface area contributed by atoms with Gasteiger partial charge in [-0.2, -0.15) is 0 Å². The van der Waals surface area contributed by atoms with E-state index in [0.29, 0.717) is 23.2 Å². The summed E-state index contributed by atoms with van der Waals surface area (Å²) in [5, 5.41) is 19.2. The molecule has 0 saturated heterocycles. The highest BCUT2D eigenvalue weighted by Gasteiger charge is 2.38. The van der Waals surface area contributed by atoms with Gasteiger partial charge in [-0.15, -0.1) is 0 Å². The quantitative estimate of drug-likeness (QED) is 0.608. The summed E-state index contributed by atoms with van der Waals surface area (Å²) in [5.41, 5.74) is 2.02. The molecule has 2 N–H and O–H groups in total. The number of fused-ring (bicyclic) bond motifs is 1. The van der Waals surface area contributed by atoms with Gasteiger partial charge in [0, 0.05) is 0 Å². The zero-order chi connectivity index (χ0) is 20.6. The first-order valence-corrected chi connectivity index (χ1v) is 8.92. The number of aromatic hydroxyl groups is 1. The Hall–Kier alpha value is -3.19. The Kier molecular flexibility index (Phi) is 5.20. The van der Waals surface area contributed by atoms with Crippen LogP contribution in [-0.2, 0) is 4.74 Å². The molecule has 0 spiro atoms. The minimum absolute atomic E-state index is 0.0506. The molecule has 7 nitrogen and oxygen atoms in total. The Balaban J connectivity index is 1.94. The van der Waals surface area contributed by atoms with Crippen LogP contribution in [0.4, 0.5) is 5.69 Å². The van der Waals surface area contributed by atoms with E-state index < -0.39 is 23.9 Å². The smallest absolute Gasteiger partial charge is 0.338 e. The van der Waals surface area contributed by atoms with Crippen LogP contribution >= 0.6 is 0 Å². The molecule has 1 atom stereocenters. The third-order valence-electron chi connectivity index (χ3n) is 4.70. The molecule has 1 unspecified atom stereocenters. The Labute approximate surface area is 162 Å². The summed E-state index contributed by atoms with van der Waals surface area (Å²) < 4.78 is 5.04. The van der Waals surface area contributed by atoms with Crippen molar-refractivity contribution < 1.29 is 29.3 Å². The molecule has 0 bridgehead atoms. The maximum absolute atomic E-state index is 12.9. The summed E-state index contributed by atoms with van der Waals surface area (Å²) in [4.78, 5) is 39.0. The summed E-state index contributed by atoms with van der Waals surface area (Å²) in [5.74, 6) is -1.65. The van der Waals surface area contributed by atoms with Gasteiger partial charge in [0.1, 0.15) is 12.4 Å². The second kappa shape index (κ2) is 7.44. The van der Waals surface area contributed by atoms with Crippen LogP contribution in [0, 0.1) is 13.8 Å². The fraction of sp³-hybridized carbons (Fsp3) is 0.286. The third-order valence-corrected chi connectivity index (χ3v) is 4.70. The molecule has 0 saturated carbocycles. The highest BCUT2D eigenvalue weighted by molar-refractivity contribution is 6.35. The molecule has 7 heteroatoms. The van der Waals surface area contributed by atoms with Crippen LogP contribution in [-0.4, -0.2) is 40.7 Å². The lowest BCUT2D eigenvalue weighted by Crippen LogP contribution is -2.30.